The second-order valence-corrected chi connectivity index (χ2v) is 2.73. The summed E-state index contributed by atoms with van der Waals surface area (Å²) in [6.45, 7) is 3.23. The van der Waals surface area contributed by atoms with Crippen LogP contribution in [0.4, 0.5) is 5.69 Å². The molecule has 0 aliphatic rings. The Kier molecular flexibility index (Phi) is 3.07. The molecule has 15 heavy (non-hydrogen) atoms. The lowest BCUT2D eigenvalue weighted by atomic mass is 10.2. The fraction of sp³-hybridized carbons (Fsp3) is 0. The Morgan fingerprint density at radius 3 is 2.60 bits per heavy atom. The van der Waals surface area contributed by atoms with Crippen molar-refractivity contribution < 1.29 is 19.8 Å². The van der Waals surface area contributed by atoms with Gasteiger partial charge in [0.25, 0.3) is 0 Å². The number of carbonyl (C=O) groups is 2. The number of rotatable bonds is 3. The van der Waals surface area contributed by atoms with Crippen molar-refractivity contribution >= 4 is 17.6 Å². The first kappa shape index (κ1) is 10.8. The number of phenolic OH excluding ortho intramolecular Hbond substituents is 1. The molecule has 0 atom stereocenters. The third-order valence-electron chi connectivity index (χ3n) is 1.69. The monoisotopic (exact) mass is 207 g/mol. The number of carbonyl (C=O) groups excluding carboxylic acids is 1. The van der Waals surface area contributed by atoms with E-state index in [9.17, 15) is 14.7 Å². The van der Waals surface area contributed by atoms with Crippen LogP contribution in [0.2, 0.25) is 0 Å². The van der Waals surface area contributed by atoms with E-state index in [-0.39, 0.29) is 17.0 Å². The number of aromatic hydroxyl groups is 1. The molecule has 0 spiro atoms. The van der Waals surface area contributed by atoms with E-state index < -0.39 is 11.9 Å². The van der Waals surface area contributed by atoms with Gasteiger partial charge in [-0.2, -0.15) is 0 Å². The normalized spacial score (nSPS) is 9.33. The molecule has 5 nitrogen and oxygen atoms in total. The summed E-state index contributed by atoms with van der Waals surface area (Å²) >= 11 is 0. The third kappa shape index (κ3) is 2.57. The first-order valence-corrected chi connectivity index (χ1v) is 4.04. The van der Waals surface area contributed by atoms with Crippen LogP contribution in [0, 0.1) is 0 Å². The van der Waals surface area contributed by atoms with Gasteiger partial charge in [-0.3, -0.25) is 4.79 Å². The number of nitrogens with one attached hydrogen (secondary N) is 1. The smallest absolute Gasteiger partial charge is 0.335 e. The van der Waals surface area contributed by atoms with Gasteiger partial charge in [-0.05, 0) is 24.3 Å². The maximum absolute atomic E-state index is 10.9. The lowest BCUT2D eigenvalue weighted by Crippen LogP contribution is -2.08. The molecule has 0 fully saturated rings. The van der Waals surface area contributed by atoms with Crippen molar-refractivity contribution in [2.45, 2.75) is 0 Å². The lowest BCUT2D eigenvalue weighted by Gasteiger charge is -2.05. The summed E-state index contributed by atoms with van der Waals surface area (Å²) in [7, 11) is 0. The van der Waals surface area contributed by atoms with E-state index in [0.717, 1.165) is 6.08 Å². The summed E-state index contributed by atoms with van der Waals surface area (Å²) in [5.74, 6) is -1.85. The van der Waals surface area contributed by atoms with Crippen LogP contribution < -0.4 is 5.32 Å². The first-order chi connectivity index (χ1) is 7.04. The zero-order chi connectivity index (χ0) is 11.4. The number of carboxylic acid groups (broad SMARTS) is 1. The minimum absolute atomic E-state index is 0.0211. The van der Waals surface area contributed by atoms with E-state index >= 15 is 0 Å². The molecule has 0 bridgehead atoms. The molecule has 78 valence electrons. The van der Waals surface area contributed by atoms with Gasteiger partial charge in [-0.15, -0.1) is 0 Å². The van der Waals surface area contributed by atoms with Gasteiger partial charge in [0.2, 0.25) is 5.91 Å². The Labute approximate surface area is 85.7 Å². The maximum atomic E-state index is 10.9. The third-order valence-corrected chi connectivity index (χ3v) is 1.69. The molecule has 0 radical (unpaired) electrons. The predicted octanol–water partition coefficient (Wildman–Crippen LogP) is 1.21. The second kappa shape index (κ2) is 4.28. The van der Waals surface area contributed by atoms with Crippen LogP contribution in [0.25, 0.3) is 0 Å². The van der Waals surface area contributed by atoms with Crippen LogP contribution >= 0.6 is 0 Å². The van der Waals surface area contributed by atoms with Gasteiger partial charge >= 0.3 is 5.97 Å². The molecule has 0 heterocycles. The minimum Gasteiger partial charge on any atom is -0.506 e. The average molecular weight is 207 g/mol. The summed E-state index contributed by atoms with van der Waals surface area (Å²) < 4.78 is 0. The summed E-state index contributed by atoms with van der Waals surface area (Å²) in [6.07, 6.45) is 1.02. The topological polar surface area (TPSA) is 86.6 Å². The minimum atomic E-state index is -1.14. The number of phenols is 1. The molecule has 5 heteroatoms. The van der Waals surface area contributed by atoms with Gasteiger partial charge in [0, 0.05) is 0 Å². The van der Waals surface area contributed by atoms with Crippen LogP contribution in [-0.4, -0.2) is 22.1 Å². The Hall–Kier alpha value is -2.30. The molecule has 0 saturated carbocycles. The van der Waals surface area contributed by atoms with Crippen molar-refractivity contribution in [3.63, 3.8) is 0 Å². The molecule has 1 amide bonds. The van der Waals surface area contributed by atoms with Crippen LogP contribution in [0.3, 0.4) is 0 Å². The summed E-state index contributed by atoms with van der Waals surface area (Å²) in [5.41, 5.74) is 0.0203. The van der Waals surface area contributed by atoms with E-state index in [0.29, 0.717) is 0 Å². The molecule has 1 rings (SSSR count). The van der Waals surface area contributed by atoms with Crippen LogP contribution in [-0.2, 0) is 4.79 Å². The number of anilines is 1. The maximum Gasteiger partial charge on any atom is 0.335 e. The highest BCUT2D eigenvalue weighted by Gasteiger charge is 2.08. The van der Waals surface area contributed by atoms with E-state index in [4.69, 9.17) is 5.11 Å². The van der Waals surface area contributed by atoms with Crippen LogP contribution in [0.1, 0.15) is 10.4 Å². The molecule has 0 aliphatic heterocycles. The first-order valence-electron chi connectivity index (χ1n) is 4.04. The fourth-order valence-corrected chi connectivity index (χ4v) is 0.953. The lowest BCUT2D eigenvalue weighted by molar-refractivity contribution is -0.111. The van der Waals surface area contributed by atoms with Crippen molar-refractivity contribution in [3.8, 4) is 5.75 Å². The van der Waals surface area contributed by atoms with Crippen molar-refractivity contribution in [3.05, 3.63) is 36.4 Å². The van der Waals surface area contributed by atoms with Crippen molar-refractivity contribution in [2.75, 3.05) is 5.32 Å². The summed E-state index contributed by atoms with van der Waals surface area (Å²) in [6, 6.07) is 3.60. The van der Waals surface area contributed by atoms with Gasteiger partial charge in [0.15, 0.2) is 0 Å². The zero-order valence-electron chi connectivity index (χ0n) is 7.73. The Morgan fingerprint density at radius 2 is 2.07 bits per heavy atom. The number of amides is 1. The van der Waals surface area contributed by atoms with Crippen molar-refractivity contribution in [1.82, 2.24) is 0 Å². The Bertz CT molecular complexity index is 425. The Morgan fingerprint density at radius 1 is 1.40 bits per heavy atom. The van der Waals surface area contributed by atoms with Crippen molar-refractivity contribution in [1.29, 1.82) is 0 Å². The number of aromatic carboxylic acids is 1. The quantitative estimate of drug-likeness (QED) is 0.513. The highest BCUT2D eigenvalue weighted by Crippen LogP contribution is 2.24. The fourth-order valence-electron chi connectivity index (χ4n) is 0.953. The molecule has 0 unspecified atom stereocenters. The average Bonchev–Trinajstić information content (AvgIpc) is 2.20. The van der Waals surface area contributed by atoms with Gasteiger partial charge in [-0.25, -0.2) is 4.79 Å². The zero-order valence-corrected chi connectivity index (χ0v) is 7.73. The molecule has 1 aromatic rings. The van der Waals surface area contributed by atoms with E-state index in [1.54, 1.807) is 0 Å². The van der Waals surface area contributed by atoms with E-state index in [1.807, 2.05) is 0 Å². The highest BCUT2D eigenvalue weighted by atomic mass is 16.4. The van der Waals surface area contributed by atoms with E-state index in [1.165, 1.54) is 18.2 Å². The highest BCUT2D eigenvalue weighted by molar-refractivity contribution is 6.01. The number of hydrogen-bond acceptors (Lipinski definition) is 3. The van der Waals surface area contributed by atoms with Crippen molar-refractivity contribution in [2.24, 2.45) is 0 Å². The second-order valence-electron chi connectivity index (χ2n) is 2.73. The molecule has 0 aliphatic carbocycles. The van der Waals surface area contributed by atoms with Crippen LogP contribution in [0.5, 0.6) is 5.75 Å². The van der Waals surface area contributed by atoms with Gasteiger partial charge in [0.05, 0.1) is 11.3 Å². The standard InChI is InChI=1S/C10H9NO4/c1-2-9(13)11-7-5-6(10(14)15)3-4-8(7)12/h2-5,12H,1H2,(H,11,13)(H,14,15). The van der Waals surface area contributed by atoms with Gasteiger partial charge in [-0.1, -0.05) is 6.58 Å². The molecule has 0 aromatic heterocycles. The number of benzene rings is 1. The summed E-state index contributed by atoms with van der Waals surface area (Å²) in [4.78, 5) is 21.5. The largest absolute Gasteiger partial charge is 0.506 e. The molecular formula is C10H9NO4. The molecule has 0 saturated heterocycles. The molecule has 1 aromatic carbocycles. The number of hydrogen-bond donors (Lipinski definition) is 3. The summed E-state index contributed by atoms with van der Waals surface area (Å²) in [5, 5.41) is 20.3. The van der Waals surface area contributed by atoms with E-state index in [2.05, 4.69) is 11.9 Å². The van der Waals surface area contributed by atoms with Gasteiger partial charge in [0.1, 0.15) is 5.75 Å². The predicted molar refractivity (Wildman–Crippen MR) is 53.9 cm³/mol. The molecular weight excluding hydrogens is 198 g/mol. The number of carboxylic acids is 1. The SMILES string of the molecule is C=CC(=O)Nc1cc(C(=O)O)ccc1O. The van der Waals surface area contributed by atoms with Gasteiger partial charge < -0.3 is 15.5 Å². The van der Waals surface area contributed by atoms with Crippen LogP contribution in [0.15, 0.2) is 30.9 Å². The Balaban J connectivity index is 3.05. The molecule has 3 N–H and O–H groups in total.